The zero-order chi connectivity index (χ0) is 34.7. The molecule has 258 valence electrons. The van der Waals surface area contributed by atoms with Crippen molar-refractivity contribution >= 4 is 15.6 Å². The van der Waals surface area contributed by atoms with Gasteiger partial charge in [-0.25, -0.2) is 0 Å². The van der Waals surface area contributed by atoms with Crippen LogP contribution >= 0.6 is 15.6 Å². The van der Waals surface area contributed by atoms with Crippen molar-refractivity contribution < 1.29 is 96.9 Å². The van der Waals surface area contributed by atoms with E-state index in [1.54, 1.807) is 0 Å². The molecule has 0 amide bonds. The minimum Gasteiger partial charge on any atom is -0.746 e. The summed E-state index contributed by atoms with van der Waals surface area (Å²) in [5.74, 6) is 0.229. The third kappa shape index (κ3) is 4.36. The average molecular weight is 771 g/mol. The minimum atomic E-state index is -5.30. The summed E-state index contributed by atoms with van der Waals surface area (Å²) in [7, 11) is -10.6. The summed E-state index contributed by atoms with van der Waals surface area (Å²) in [4.78, 5) is 46.1. The Kier molecular flexibility index (Phi) is 7.39. The summed E-state index contributed by atoms with van der Waals surface area (Å²) in [5.41, 5.74) is 17.2. The Bertz CT molecular complexity index is 2350. The van der Waals surface area contributed by atoms with Crippen LogP contribution < -0.4 is 77.9 Å². The van der Waals surface area contributed by atoms with E-state index in [4.69, 9.17) is 9.05 Å². The fraction of sp³-hybridized carbons (Fsp3) is 0.286. The van der Waals surface area contributed by atoms with Crippen molar-refractivity contribution in [3.8, 4) is 11.5 Å². The fourth-order valence-corrected chi connectivity index (χ4v) is 13.7. The number of hydrogen-bond donors (Lipinski definition) is 2. The molecule has 12 heteroatoms. The first-order valence-corrected chi connectivity index (χ1v) is 21.2. The van der Waals surface area contributed by atoms with E-state index in [1.807, 2.05) is 0 Å². The molecule has 0 aliphatic heterocycles. The van der Waals surface area contributed by atoms with Gasteiger partial charge >= 0.3 is 74.8 Å². The molecular formula is C42H30Na2O8P2. The molecule has 10 atom stereocenters. The van der Waals surface area contributed by atoms with Gasteiger partial charge in [0, 0.05) is 69.6 Å². The third-order valence-corrected chi connectivity index (χ3v) is 15.2. The van der Waals surface area contributed by atoms with Crippen LogP contribution in [-0.4, -0.2) is 9.79 Å². The van der Waals surface area contributed by atoms with Gasteiger partial charge in [0.05, 0.1) is 0 Å². The van der Waals surface area contributed by atoms with Gasteiger partial charge in [-0.2, -0.15) is 0 Å². The van der Waals surface area contributed by atoms with Crippen molar-refractivity contribution in [1.82, 2.24) is 0 Å². The van der Waals surface area contributed by atoms with Crippen molar-refractivity contribution in [1.29, 1.82) is 0 Å². The summed E-state index contributed by atoms with van der Waals surface area (Å²) >= 11 is 0. The fourth-order valence-electron chi connectivity index (χ4n) is 12.9. The monoisotopic (exact) mass is 770 g/mol. The smallest absolute Gasteiger partial charge is 0.746 e. The van der Waals surface area contributed by atoms with E-state index >= 15 is 0 Å². The Morgan fingerprint density at radius 2 is 0.648 bits per heavy atom. The molecule has 5 aromatic carbocycles. The number of fused-ring (bicyclic) bond motifs is 32. The Hall–Kier alpha value is -2.00. The van der Waals surface area contributed by atoms with E-state index in [0.29, 0.717) is 58.8 Å². The predicted molar refractivity (Wildman–Crippen MR) is 186 cm³/mol. The first-order chi connectivity index (χ1) is 25.0. The molecule has 8 aliphatic rings. The molecule has 8 aliphatic carbocycles. The summed E-state index contributed by atoms with van der Waals surface area (Å²) in [6, 6.07) is 26.4. The topological polar surface area (TPSA) is 139 Å². The van der Waals surface area contributed by atoms with Crippen molar-refractivity contribution in [2.24, 2.45) is 0 Å². The molecule has 54 heavy (non-hydrogen) atoms. The second-order valence-corrected chi connectivity index (χ2v) is 18.5. The summed E-state index contributed by atoms with van der Waals surface area (Å²) < 4.78 is 36.8. The van der Waals surface area contributed by atoms with Crippen LogP contribution in [0.3, 0.4) is 0 Å². The molecule has 5 aromatic rings. The van der Waals surface area contributed by atoms with Crippen LogP contribution in [-0.2, 0) is 9.13 Å². The molecule has 0 fully saturated rings. The first kappa shape index (κ1) is 35.2. The molecule has 0 radical (unpaired) electrons. The molecule has 0 spiro atoms. The standard InChI is InChI=1S/C42H32O8P2.2Na/c43-51(44,45)49-41-37-33-15-34(30-12-26-22-9-21(25(26)11-29(30)33)17-5-1-2-6-18(17)22)38(37)42(50-52(46,47)48)40-36-16-35(39(40)41)31-13-27-23-10-24(28(27)14-32(31)36)20-8-4-3-7-19(20)23;;/h1-8,11-14,21-24,33-36H,9-10,15-16H2,(H2,43,44,45)(H2,46,47,48);;/q;2*+1/p-2/t21-,22+,23+,24-,33-,34+,35+,36-;;. The van der Waals surface area contributed by atoms with Crippen LogP contribution in [0.4, 0.5) is 0 Å². The molecule has 13 rings (SSSR count). The zero-order valence-corrected chi connectivity index (χ0v) is 35.4. The molecule has 8 nitrogen and oxygen atoms in total. The van der Waals surface area contributed by atoms with Crippen LogP contribution in [0, 0.1) is 0 Å². The van der Waals surface area contributed by atoms with Gasteiger partial charge in [-0.15, -0.1) is 0 Å². The van der Waals surface area contributed by atoms with E-state index in [9.17, 15) is 28.7 Å². The van der Waals surface area contributed by atoms with Crippen molar-refractivity contribution in [2.75, 3.05) is 0 Å². The quantitative estimate of drug-likeness (QED) is 0.206. The normalized spacial score (nSPS) is 29.7. The average Bonchev–Trinajstić information content (AvgIpc) is 3.98. The molecule has 0 saturated heterocycles. The molecule has 0 saturated carbocycles. The zero-order valence-electron chi connectivity index (χ0n) is 29.6. The maximum atomic E-state index is 12.7. The largest absolute Gasteiger partial charge is 1.00 e. The molecule has 8 bridgehead atoms. The maximum absolute atomic E-state index is 12.7. The SMILES string of the molecule is O=P([O-])(O)Oc1c2c(c(OP(=O)([O-])O)c3c1[C@H]1C[C@@H]3c3cc4c(cc31)[C@H]1C[C@@H]4c3ccccc31)[C@H]1C[C@@H]2c2cc3c(cc21)[C@H]1C[C@@H]3c2ccccc21.[Na+].[Na+]. The number of hydrogen-bond acceptors (Lipinski definition) is 6. The molecular weight excluding hydrogens is 740 g/mol. The van der Waals surface area contributed by atoms with E-state index in [2.05, 4.69) is 72.8 Å². The maximum Gasteiger partial charge on any atom is 1.00 e. The molecule has 2 N–H and O–H groups in total. The van der Waals surface area contributed by atoms with Crippen LogP contribution in [0.25, 0.3) is 0 Å². The molecule has 0 heterocycles. The van der Waals surface area contributed by atoms with Gasteiger partial charge < -0.3 is 28.6 Å². The van der Waals surface area contributed by atoms with Crippen molar-refractivity contribution in [3.63, 3.8) is 0 Å². The van der Waals surface area contributed by atoms with Gasteiger partial charge in [0.1, 0.15) is 11.5 Å². The van der Waals surface area contributed by atoms with E-state index < -0.39 is 15.6 Å². The van der Waals surface area contributed by atoms with Gasteiger partial charge in [-0.1, -0.05) is 72.8 Å². The Morgan fingerprint density at radius 1 is 0.426 bits per heavy atom. The van der Waals surface area contributed by atoms with Crippen LogP contribution in [0.5, 0.6) is 11.5 Å². The number of benzene rings is 5. The molecule has 2 unspecified atom stereocenters. The summed E-state index contributed by atoms with van der Waals surface area (Å²) in [6.07, 6.45) is 3.21. The Morgan fingerprint density at radius 3 is 0.889 bits per heavy atom. The van der Waals surface area contributed by atoms with Crippen LogP contribution in [0.2, 0.25) is 0 Å². The van der Waals surface area contributed by atoms with Crippen molar-refractivity contribution in [3.05, 3.63) is 162 Å². The third-order valence-electron chi connectivity index (χ3n) is 14.3. The number of rotatable bonds is 4. The molecule has 0 aromatic heterocycles. The van der Waals surface area contributed by atoms with Crippen LogP contribution in [0.15, 0.2) is 72.8 Å². The minimum absolute atomic E-state index is 0. The number of phosphoric acid groups is 2. The Balaban J connectivity index is 0.00000171. The summed E-state index contributed by atoms with van der Waals surface area (Å²) in [6.45, 7) is 0. The first-order valence-electron chi connectivity index (χ1n) is 18.3. The van der Waals surface area contributed by atoms with Crippen molar-refractivity contribution in [2.45, 2.75) is 73.0 Å². The Labute approximate surface area is 355 Å². The van der Waals surface area contributed by atoms with Gasteiger partial charge in [-0.05, 0) is 92.4 Å². The van der Waals surface area contributed by atoms with E-state index in [-0.39, 0.29) is 94.3 Å². The second-order valence-electron chi connectivity index (χ2n) is 16.3. The van der Waals surface area contributed by atoms with Gasteiger partial charge in [0.15, 0.2) is 0 Å². The predicted octanol–water partition coefficient (Wildman–Crippen LogP) is 1.30. The van der Waals surface area contributed by atoms with Gasteiger partial charge in [0.25, 0.3) is 0 Å². The van der Waals surface area contributed by atoms with Gasteiger partial charge in [0.2, 0.25) is 0 Å². The van der Waals surface area contributed by atoms with E-state index in [0.717, 1.165) is 35.1 Å². The van der Waals surface area contributed by atoms with E-state index in [1.165, 1.54) is 44.5 Å². The summed E-state index contributed by atoms with van der Waals surface area (Å²) in [5, 5.41) is 0. The number of phosphoric ester groups is 2. The van der Waals surface area contributed by atoms with Gasteiger partial charge in [-0.3, -0.25) is 9.13 Å². The van der Waals surface area contributed by atoms with Crippen LogP contribution in [0.1, 0.15) is 162 Å². The second kappa shape index (κ2) is 11.3.